The van der Waals surface area contributed by atoms with Gasteiger partial charge >= 0.3 is 0 Å². The van der Waals surface area contributed by atoms with E-state index < -0.39 is 0 Å². The zero-order chi connectivity index (χ0) is 16.7. The molecule has 6 heteroatoms. The molecule has 5 nitrogen and oxygen atoms in total. The topological polar surface area (TPSA) is 48.9 Å². The standard InChI is InChI=1S/C18H28N4O.HI/c1-19-18(21-15-9-5-6-10-15)20-13-17(22(2)3)14-8-7-11-16(12-14)23-4;/h5-8,11-12,15,17H,9-10,13H2,1-4H3,(H2,19,20,21);1H. The smallest absolute Gasteiger partial charge is 0.191 e. The van der Waals surface area contributed by atoms with Gasteiger partial charge in [0.05, 0.1) is 13.2 Å². The lowest BCUT2D eigenvalue weighted by atomic mass is 10.1. The Labute approximate surface area is 162 Å². The van der Waals surface area contributed by atoms with Gasteiger partial charge in [-0.15, -0.1) is 24.0 Å². The third kappa shape index (κ3) is 5.98. The molecule has 1 aromatic rings. The lowest BCUT2D eigenvalue weighted by Crippen LogP contribution is -2.45. The van der Waals surface area contributed by atoms with Crippen molar-refractivity contribution in [1.82, 2.24) is 15.5 Å². The Morgan fingerprint density at radius 2 is 2.04 bits per heavy atom. The Kier molecular flexibility index (Phi) is 9.13. The molecule has 0 amide bonds. The number of hydrogen-bond acceptors (Lipinski definition) is 3. The lowest BCUT2D eigenvalue weighted by Gasteiger charge is -2.27. The van der Waals surface area contributed by atoms with E-state index in [1.807, 2.05) is 19.2 Å². The fourth-order valence-corrected chi connectivity index (χ4v) is 2.76. The van der Waals surface area contributed by atoms with E-state index in [9.17, 15) is 0 Å². The highest BCUT2D eigenvalue weighted by Gasteiger charge is 2.17. The molecule has 0 aliphatic heterocycles. The molecule has 1 aromatic carbocycles. The Bertz CT molecular complexity index is 552. The van der Waals surface area contributed by atoms with Gasteiger partial charge < -0.3 is 20.3 Å². The van der Waals surface area contributed by atoms with E-state index in [4.69, 9.17) is 4.74 Å². The summed E-state index contributed by atoms with van der Waals surface area (Å²) >= 11 is 0. The van der Waals surface area contributed by atoms with Crippen molar-refractivity contribution < 1.29 is 4.74 Å². The van der Waals surface area contributed by atoms with Crippen LogP contribution >= 0.6 is 24.0 Å². The molecule has 1 aliphatic rings. The Morgan fingerprint density at radius 3 is 2.62 bits per heavy atom. The van der Waals surface area contributed by atoms with E-state index in [0.29, 0.717) is 6.04 Å². The number of guanidine groups is 1. The van der Waals surface area contributed by atoms with Crippen LogP contribution in [0.2, 0.25) is 0 Å². The van der Waals surface area contributed by atoms with Crippen molar-refractivity contribution in [2.75, 3.05) is 34.8 Å². The maximum atomic E-state index is 5.34. The molecule has 2 N–H and O–H groups in total. The van der Waals surface area contributed by atoms with Crippen molar-refractivity contribution >= 4 is 29.9 Å². The normalized spacial score (nSPS) is 16.0. The Hall–Kier alpha value is -1.28. The van der Waals surface area contributed by atoms with Crippen LogP contribution in [0.4, 0.5) is 0 Å². The highest BCUT2D eigenvalue weighted by atomic mass is 127. The van der Waals surface area contributed by atoms with Gasteiger partial charge in [0, 0.05) is 19.6 Å². The summed E-state index contributed by atoms with van der Waals surface area (Å²) < 4.78 is 5.34. The first kappa shape index (κ1) is 20.8. The SMILES string of the molecule is CN=C(NCC(c1cccc(OC)c1)N(C)C)NC1CC=CC1.I. The van der Waals surface area contributed by atoms with E-state index in [-0.39, 0.29) is 30.0 Å². The van der Waals surface area contributed by atoms with Crippen LogP contribution in [-0.4, -0.2) is 51.7 Å². The van der Waals surface area contributed by atoms with Crippen LogP contribution in [0, 0.1) is 0 Å². The number of likely N-dealkylation sites (N-methyl/N-ethyl adjacent to an activating group) is 1. The minimum atomic E-state index is 0. The first-order valence-electron chi connectivity index (χ1n) is 8.06. The molecule has 0 saturated carbocycles. The number of methoxy groups -OCH3 is 1. The predicted molar refractivity (Wildman–Crippen MR) is 111 cm³/mol. The molecule has 1 aliphatic carbocycles. The van der Waals surface area contributed by atoms with Gasteiger partial charge in [0.15, 0.2) is 5.96 Å². The summed E-state index contributed by atoms with van der Waals surface area (Å²) in [4.78, 5) is 6.53. The summed E-state index contributed by atoms with van der Waals surface area (Å²) in [6.45, 7) is 0.778. The van der Waals surface area contributed by atoms with Crippen LogP contribution in [0.1, 0.15) is 24.4 Å². The fourth-order valence-electron chi connectivity index (χ4n) is 2.76. The zero-order valence-corrected chi connectivity index (χ0v) is 17.3. The van der Waals surface area contributed by atoms with E-state index in [2.05, 4.69) is 58.9 Å². The summed E-state index contributed by atoms with van der Waals surface area (Å²) in [5.41, 5.74) is 1.22. The molecule has 2 rings (SSSR count). The molecule has 0 spiro atoms. The fraction of sp³-hybridized carbons (Fsp3) is 0.500. The van der Waals surface area contributed by atoms with Crippen LogP contribution in [0.3, 0.4) is 0 Å². The highest BCUT2D eigenvalue weighted by Crippen LogP contribution is 2.22. The molecule has 0 fully saturated rings. The average Bonchev–Trinajstić information content (AvgIpc) is 3.07. The van der Waals surface area contributed by atoms with E-state index in [1.54, 1.807) is 7.11 Å². The number of nitrogens with zero attached hydrogens (tertiary/aromatic N) is 2. The van der Waals surface area contributed by atoms with Crippen molar-refractivity contribution in [3.63, 3.8) is 0 Å². The minimum Gasteiger partial charge on any atom is -0.497 e. The van der Waals surface area contributed by atoms with Gasteiger partial charge in [-0.25, -0.2) is 0 Å². The van der Waals surface area contributed by atoms with Gasteiger partial charge in [-0.05, 0) is 44.6 Å². The molecule has 0 bridgehead atoms. The van der Waals surface area contributed by atoms with Crippen molar-refractivity contribution in [1.29, 1.82) is 0 Å². The van der Waals surface area contributed by atoms with E-state index >= 15 is 0 Å². The maximum Gasteiger partial charge on any atom is 0.191 e. The van der Waals surface area contributed by atoms with Gasteiger partial charge in [-0.3, -0.25) is 4.99 Å². The van der Waals surface area contributed by atoms with Crippen LogP contribution in [0.5, 0.6) is 5.75 Å². The quantitative estimate of drug-likeness (QED) is 0.307. The van der Waals surface area contributed by atoms with Crippen molar-refractivity contribution in [2.24, 2.45) is 4.99 Å². The molecule has 0 saturated heterocycles. The first-order valence-corrected chi connectivity index (χ1v) is 8.06. The monoisotopic (exact) mass is 444 g/mol. The number of hydrogen-bond donors (Lipinski definition) is 2. The number of aliphatic imine (C=N–C) groups is 1. The van der Waals surface area contributed by atoms with E-state index in [1.165, 1.54) is 5.56 Å². The molecule has 24 heavy (non-hydrogen) atoms. The molecule has 0 radical (unpaired) electrons. The van der Waals surface area contributed by atoms with Gasteiger partial charge in [-0.2, -0.15) is 0 Å². The zero-order valence-electron chi connectivity index (χ0n) is 15.0. The second-order valence-electron chi connectivity index (χ2n) is 5.99. The molecular weight excluding hydrogens is 415 g/mol. The lowest BCUT2D eigenvalue weighted by molar-refractivity contribution is 0.297. The number of benzene rings is 1. The number of rotatable bonds is 6. The summed E-state index contributed by atoms with van der Waals surface area (Å²) in [7, 11) is 7.68. The summed E-state index contributed by atoms with van der Waals surface area (Å²) in [6, 6.07) is 8.91. The van der Waals surface area contributed by atoms with Gasteiger partial charge in [-0.1, -0.05) is 24.3 Å². The van der Waals surface area contributed by atoms with Crippen molar-refractivity contribution in [3.8, 4) is 5.75 Å². The maximum absolute atomic E-state index is 5.34. The van der Waals surface area contributed by atoms with Crippen LogP contribution in [-0.2, 0) is 0 Å². The largest absolute Gasteiger partial charge is 0.497 e. The van der Waals surface area contributed by atoms with E-state index in [0.717, 1.165) is 31.1 Å². The van der Waals surface area contributed by atoms with Crippen LogP contribution in [0.15, 0.2) is 41.4 Å². The van der Waals surface area contributed by atoms with Crippen molar-refractivity contribution in [3.05, 3.63) is 42.0 Å². The van der Waals surface area contributed by atoms with Crippen molar-refractivity contribution in [2.45, 2.75) is 24.9 Å². The number of halogens is 1. The Morgan fingerprint density at radius 1 is 1.33 bits per heavy atom. The van der Waals surface area contributed by atoms with Gasteiger partial charge in [0.2, 0.25) is 0 Å². The molecule has 0 heterocycles. The highest BCUT2D eigenvalue weighted by molar-refractivity contribution is 14.0. The van der Waals surface area contributed by atoms with Gasteiger partial charge in [0.1, 0.15) is 5.75 Å². The Balaban J connectivity index is 0.00000288. The molecular formula is C18H29IN4O. The van der Waals surface area contributed by atoms with Crippen LogP contribution in [0.25, 0.3) is 0 Å². The average molecular weight is 444 g/mol. The minimum absolute atomic E-state index is 0. The summed E-state index contributed by atoms with van der Waals surface area (Å²) in [6.07, 6.45) is 6.55. The summed E-state index contributed by atoms with van der Waals surface area (Å²) in [5.74, 6) is 1.74. The first-order chi connectivity index (χ1) is 11.1. The van der Waals surface area contributed by atoms with Gasteiger partial charge in [0.25, 0.3) is 0 Å². The number of ether oxygens (including phenoxy) is 1. The molecule has 1 unspecified atom stereocenters. The summed E-state index contributed by atoms with van der Waals surface area (Å²) in [5, 5.41) is 6.91. The third-order valence-electron chi connectivity index (χ3n) is 4.14. The second kappa shape index (κ2) is 10.6. The van der Waals surface area contributed by atoms with Crippen LogP contribution < -0.4 is 15.4 Å². The number of nitrogens with one attached hydrogen (secondary N) is 2. The molecule has 134 valence electrons. The second-order valence-corrected chi connectivity index (χ2v) is 5.99. The molecule has 0 aromatic heterocycles. The predicted octanol–water partition coefficient (Wildman–Crippen LogP) is 2.80. The third-order valence-corrected chi connectivity index (χ3v) is 4.14. The molecule has 1 atom stereocenters.